The van der Waals surface area contributed by atoms with Crippen LogP contribution in [0.25, 0.3) is 0 Å². The zero-order chi connectivity index (χ0) is 13.8. The molecule has 0 bridgehead atoms. The van der Waals surface area contributed by atoms with Gasteiger partial charge in [0.25, 0.3) is 0 Å². The third-order valence-corrected chi connectivity index (χ3v) is 4.12. The maximum atomic E-state index is 13.5. The van der Waals surface area contributed by atoms with Crippen molar-refractivity contribution in [2.24, 2.45) is 0 Å². The molecule has 0 saturated heterocycles. The van der Waals surface area contributed by atoms with Crippen molar-refractivity contribution >= 4 is 10.0 Å². The smallest absolute Gasteiger partial charge is 0.249 e. The van der Waals surface area contributed by atoms with E-state index < -0.39 is 33.2 Å². The van der Waals surface area contributed by atoms with Crippen LogP contribution in [0.3, 0.4) is 0 Å². The third-order valence-electron chi connectivity index (χ3n) is 2.20. The minimum Gasteiger partial charge on any atom is -0.395 e. The molecule has 1 N–H and O–H groups in total. The van der Waals surface area contributed by atoms with Crippen molar-refractivity contribution in [1.82, 2.24) is 4.31 Å². The summed E-state index contributed by atoms with van der Waals surface area (Å²) in [7, 11) is -4.33. The molecule has 4 nitrogen and oxygen atoms in total. The van der Waals surface area contributed by atoms with E-state index in [-0.39, 0.29) is 13.1 Å². The summed E-state index contributed by atoms with van der Waals surface area (Å²) in [5, 5.41) is 8.78. The van der Waals surface area contributed by atoms with Crippen LogP contribution in [0.1, 0.15) is 0 Å². The molecule has 18 heavy (non-hydrogen) atoms. The molecule has 1 rings (SSSR count). The number of aliphatic hydroxyl groups excluding tert-OH is 1. The Morgan fingerprint density at radius 1 is 1.33 bits per heavy atom. The summed E-state index contributed by atoms with van der Waals surface area (Å²) >= 11 is 0. The summed E-state index contributed by atoms with van der Waals surface area (Å²) in [6, 6.07) is 2.80. The van der Waals surface area contributed by atoms with Crippen LogP contribution < -0.4 is 0 Å². The van der Waals surface area contributed by atoms with Crippen LogP contribution in [-0.2, 0) is 10.0 Å². The first kappa shape index (κ1) is 14.7. The van der Waals surface area contributed by atoms with Crippen LogP contribution in [0.5, 0.6) is 0 Å². The van der Waals surface area contributed by atoms with Crippen molar-refractivity contribution in [2.75, 3.05) is 19.7 Å². The lowest BCUT2D eigenvalue weighted by Crippen LogP contribution is -2.34. The van der Waals surface area contributed by atoms with Crippen LogP contribution in [0.15, 0.2) is 35.7 Å². The highest BCUT2D eigenvalue weighted by Gasteiger charge is 2.29. The Hall–Kier alpha value is -1.31. The Labute approximate surface area is 104 Å². The predicted octanol–water partition coefficient (Wildman–Crippen LogP) is 1.13. The molecule has 0 heterocycles. The molecule has 0 aliphatic heterocycles. The van der Waals surface area contributed by atoms with Crippen molar-refractivity contribution in [2.45, 2.75) is 4.90 Å². The van der Waals surface area contributed by atoms with Crippen LogP contribution in [-0.4, -0.2) is 37.5 Å². The van der Waals surface area contributed by atoms with E-state index in [4.69, 9.17) is 5.11 Å². The largest absolute Gasteiger partial charge is 0.395 e. The summed E-state index contributed by atoms with van der Waals surface area (Å²) in [4.78, 5) is -1.01. The van der Waals surface area contributed by atoms with Crippen LogP contribution in [0, 0.1) is 11.6 Å². The van der Waals surface area contributed by atoms with E-state index in [9.17, 15) is 17.2 Å². The van der Waals surface area contributed by atoms with Crippen LogP contribution in [0.2, 0.25) is 0 Å². The maximum Gasteiger partial charge on any atom is 0.249 e. The topological polar surface area (TPSA) is 57.6 Å². The second-order valence-corrected chi connectivity index (χ2v) is 5.30. The van der Waals surface area contributed by atoms with Gasteiger partial charge in [0, 0.05) is 13.1 Å². The summed E-state index contributed by atoms with van der Waals surface area (Å²) in [5.74, 6) is -2.33. The van der Waals surface area contributed by atoms with Gasteiger partial charge in [0.05, 0.1) is 6.61 Å². The highest BCUT2D eigenvalue weighted by Crippen LogP contribution is 2.22. The van der Waals surface area contributed by atoms with Crippen molar-refractivity contribution in [3.8, 4) is 0 Å². The van der Waals surface area contributed by atoms with Gasteiger partial charge in [-0.3, -0.25) is 0 Å². The molecule has 0 aliphatic carbocycles. The van der Waals surface area contributed by atoms with Gasteiger partial charge in [-0.25, -0.2) is 17.2 Å². The number of halogens is 2. The number of hydrogen-bond donors (Lipinski definition) is 1. The molecule has 0 spiro atoms. The number of hydrogen-bond acceptors (Lipinski definition) is 3. The zero-order valence-electron chi connectivity index (χ0n) is 9.51. The minimum absolute atomic E-state index is 0.142. The van der Waals surface area contributed by atoms with Crippen molar-refractivity contribution in [1.29, 1.82) is 0 Å². The van der Waals surface area contributed by atoms with Gasteiger partial charge in [-0.15, -0.1) is 6.58 Å². The standard InChI is InChI=1S/C11H13F2NO3S/c1-2-6-14(7-8-15)18(16,17)11-9(12)4-3-5-10(11)13/h2-5,15H,1,6-8H2. The van der Waals surface area contributed by atoms with Gasteiger partial charge in [0.15, 0.2) is 4.90 Å². The molecule has 0 amide bonds. The van der Waals surface area contributed by atoms with E-state index in [0.29, 0.717) is 0 Å². The lowest BCUT2D eigenvalue weighted by Gasteiger charge is -2.20. The molecule has 0 atom stereocenters. The number of sulfonamides is 1. The Kier molecular flexibility index (Phi) is 4.94. The molecule has 0 aromatic heterocycles. The zero-order valence-corrected chi connectivity index (χ0v) is 10.3. The van der Waals surface area contributed by atoms with Gasteiger partial charge in [-0.05, 0) is 12.1 Å². The first-order valence-electron chi connectivity index (χ1n) is 5.11. The third kappa shape index (κ3) is 2.92. The van der Waals surface area contributed by atoms with Gasteiger partial charge in [0.2, 0.25) is 10.0 Å². The van der Waals surface area contributed by atoms with Crippen molar-refractivity contribution in [3.63, 3.8) is 0 Å². The molecule has 0 radical (unpaired) electrons. The van der Waals surface area contributed by atoms with Gasteiger partial charge >= 0.3 is 0 Å². The summed E-state index contributed by atoms with van der Waals surface area (Å²) < 4.78 is 51.7. The second kappa shape index (κ2) is 6.03. The number of benzene rings is 1. The Morgan fingerprint density at radius 3 is 2.33 bits per heavy atom. The second-order valence-electron chi connectivity index (χ2n) is 3.43. The van der Waals surface area contributed by atoms with Crippen LogP contribution in [0.4, 0.5) is 8.78 Å². The monoisotopic (exact) mass is 277 g/mol. The molecule has 0 aliphatic rings. The normalized spacial score (nSPS) is 11.8. The fraction of sp³-hybridized carbons (Fsp3) is 0.273. The lowest BCUT2D eigenvalue weighted by atomic mass is 10.3. The van der Waals surface area contributed by atoms with E-state index in [1.165, 1.54) is 6.08 Å². The summed E-state index contributed by atoms with van der Waals surface area (Å²) in [6.07, 6.45) is 1.27. The molecule has 0 saturated carbocycles. The van der Waals surface area contributed by atoms with E-state index in [2.05, 4.69) is 6.58 Å². The highest BCUT2D eigenvalue weighted by atomic mass is 32.2. The van der Waals surface area contributed by atoms with E-state index in [1.54, 1.807) is 0 Å². The maximum absolute atomic E-state index is 13.5. The fourth-order valence-electron chi connectivity index (χ4n) is 1.42. The Balaban J connectivity index is 3.30. The van der Waals surface area contributed by atoms with Gasteiger partial charge in [-0.2, -0.15) is 4.31 Å². The predicted molar refractivity (Wildman–Crippen MR) is 62.4 cm³/mol. The van der Waals surface area contributed by atoms with E-state index in [0.717, 1.165) is 22.5 Å². The Bertz CT molecular complexity index is 511. The van der Waals surface area contributed by atoms with Gasteiger partial charge in [0.1, 0.15) is 11.6 Å². The van der Waals surface area contributed by atoms with Crippen molar-refractivity contribution < 1.29 is 22.3 Å². The molecule has 7 heteroatoms. The van der Waals surface area contributed by atoms with E-state index in [1.807, 2.05) is 0 Å². The molecule has 100 valence electrons. The molecular formula is C11H13F2NO3S. The first-order chi connectivity index (χ1) is 8.45. The summed E-state index contributed by atoms with van der Waals surface area (Å²) in [5.41, 5.74) is 0. The highest BCUT2D eigenvalue weighted by molar-refractivity contribution is 7.89. The average molecular weight is 277 g/mol. The van der Waals surface area contributed by atoms with E-state index >= 15 is 0 Å². The van der Waals surface area contributed by atoms with Crippen LogP contribution >= 0.6 is 0 Å². The molecule has 0 unspecified atom stereocenters. The average Bonchev–Trinajstić information content (AvgIpc) is 2.28. The van der Waals surface area contributed by atoms with Crippen molar-refractivity contribution in [3.05, 3.63) is 42.5 Å². The quantitative estimate of drug-likeness (QED) is 0.793. The molecule has 1 aromatic carbocycles. The summed E-state index contributed by atoms with van der Waals surface area (Å²) in [6.45, 7) is 2.50. The van der Waals surface area contributed by atoms with Gasteiger partial charge < -0.3 is 5.11 Å². The lowest BCUT2D eigenvalue weighted by molar-refractivity contribution is 0.259. The number of aliphatic hydroxyl groups is 1. The molecule has 0 fully saturated rings. The molecular weight excluding hydrogens is 264 g/mol. The SMILES string of the molecule is C=CCN(CCO)S(=O)(=O)c1c(F)cccc1F. The minimum atomic E-state index is -4.33. The Morgan fingerprint density at radius 2 is 1.89 bits per heavy atom. The number of nitrogens with zero attached hydrogens (tertiary/aromatic N) is 1. The first-order valence-corrected chi connectivity index (χ1v) is 6.55. The molecule has 1 aromatic rings. The van der Waals surface area contributed by atoms with Gasteiger partial charge in [-0.1, -0.05) is 12.1 Å². The number of rotatable bonds is 6. The fourth-order valence-corrected chi connectivity index (χ4v) is 2.93.